The summed E-state index contributed by atoms with van der Waals surface area (Å²) in [5, 5.41) is 9.77. The second kappa shape index (κ2) is 4.27. The normalized spacial score (nSPS) is 18.6. The molecule has 1 nitrogen and oxygen atoms in total. The van der Waals surface area contributed by atoms with Gasteiger partial charge in [-0.3, -0.25) is 0 Å². The Hall–Kier alpha value is -0.960. The molecule has 2 rings (SSSR count). The van der Waals surface area contributed by atoms with E-state index in [2.05, 4.69) is 0 Å². The average molecular weight is 212 g/mol. The van der Waals surface area contributed by atoms with Crippen LogP contribution in [-0.2, 0) is 0 Å². The highest BCUT2D eigenvalue weighted by atomic mass is 19.1. The van der Waals surface area contributed by atoms with Crippen molar-refractivity contribution in [3.63, 3.8) is 0 Å². The summed E-state index contributed by atoms with van der Waals surface area (Å²) in [5.41, 5.74) is 0.211. The van der Waals surface area contributed by atoms with Crippen molar-refractivity contribution < 1.29 is 13.9 Å². The number of benzene rings is 1. The standard InChI is InChI=1S/C12H14F2O/c13-9-4-5-10(11(14)7-9)12(15)6-8-2-1-3-8/h4-5,7-8,12,15H,1-3,6H2. The van der Waals surface area contributed by atoms with Gasteiger partial charge in [0.25, 0.3) is 0 Å². The highest BCUT2D eigenvalue weighted by Crippen LogP contribution is 2.35. The van der Waals surface area contributed by atoms with Gasteiger partial charge in [-0.1, -0.05) is 25.3 Å². The minimum absolute atomic E-state index is 0.211. The van der Waals surface area contributed by atoms with Crippen LogP contribution in [0.3, 0.4) is 0 Å². The van der Waals surface area contributed by atoms with E-state index in [0.29, 0.717) is 12.3 Å². The Morgan fingerprint density at radius 3 is 2.60 bits per heavy atom. The van der Waals surface area contributed by atoms with Crippen molar-refractivity contribution in [1.82, 2.24) is 0 Å². The monoisotopic (exact) mass is 212 g/mol. The third kappa shape index (κ3) is 2.34. The first-order valence-corrected chi connectivity index (χ1v) is 5.30. The maximum atomic E-state index is 13.3. The Labute approximate surface area is 87.7 Å². The molecular weight excluding hydrogens is 198 g/mol. The molecule has 82 valence electrons. The van der Waals surface area contributed by atoms with Crippen LogP contribution < -0.4 is 0 Å². The van der Waals surface area contributed by atoms with E-state index in [1.807, 2.05) is 0 Å². The second-order valence-corrected chi connectivity index (χ2v) is 4.21. The lowest BCUT2D eigenvalue weighted by molar-refractivity contribution is 0.115. The number of halogens is 2. The van der Waals surface area contributed by atoms with Gasteiger partial charge in [-0.15, -0.1) is 0 Å². The van der Waals surface area contributed by atoms with Crippen molar-refractivity contribution in [2.45, 2.75) is 31.8 Å². The predicted octanol–water partition coefficient (Wildman–Crippen LogP) is 3.19. The Kier molecular flexibility index (Phi) is 3.00. The summed E-state index contributed by atoms with van der Waals surface area (Å²) in [7, 11) is 0. The van der Waals surface area contributed by atoms with Crippen LogP contribution in [0.2, 0.25) is 0 Å². The summed E-state index contributed by atoms with van der Waals surface area (Å²) in [4.78, 5) is 0. The number of aliphatic hydroxyl groups is 1. The zero-order valence-electron chi connectivity index (χ0n) is 8.42. The Morgan fingerprint density at radius 2 is 2.07 bits per heavy atom. The average Bonchev–Trinajstić information content (AvgIpc) is 2.11. The zero-order chi connectivity index (χ0) is 10.8. The third-order valence-corrected chi connectivity index (χ3v) is 3.10. The summed E-state index contributed by atoms with van der Waals surface area (Å²) in [6.45, 7) is 0. The minimum atomic E-state index is -0.795. The first-order valence-electron chi connectivity index (χ1n) is 5.30. The van der Waals surface area contributed by atoms with Gasteiger partial charge in [0, 0.05) is 11.6 Å². The number of hydrogen-bond donors (Lipinski definition) is 1. The highest BCUT2D eigenvalue weighted by molar-refractivity contribution is 5.20. The van der Waals surface area contributed by atoms with Crippen molar-refractivity contribution in [3.05, 3.63) is 35.4 Å². The Bertz CT molecular complexity index is 347. The molecule has 1 aromatic rings. The van der Waals surface area contributed by atoms with Gasteiger partial charge in [-0.25, -0.2) is 8.78 Å². The third-order valence-electron chi connectivity index (χ3n) is 3.10. The van der Waals surface area contributed by atoms with E-state index in [1.54, 1.807) is 0 Å². The predicted molar refractivity (Wildman–Crippen MR) is 53.3 cm³/mol. The zero-order valence-corrected chi connectivity index (χ0v) is 8.42. The van der Waals surface area contributed by atoms with Crippen molar-refractivity contribution >= 4 is 0 Å². The van der Waals surface area contributed by atoms with Crippen LogP contribution in [0.15, 0.2) is 18.2 Å². The minimum Gasteiger partial charge on any atom is -0.388 e. The SMILES string of the molecule is OC(CC1CCC1)c1ccc(F)cc1F. The van der Waals surface area contributed by atoms with Crippen LogP contribution in [0.4, 0.5) is 8.78 Å². The molecule has 0 aromatic heterocycles. The molecular formula is C12H14F2O. The summed E-state index contributed by atoms with van der Waals surface area (Å²) in [5.74, 6) is -0.752. The number of hydrogen-bond acceptors (Lipinski definition) is 1. The Morgan fingerprint density at radius 1 is 1.33 bits per heavy atom. The number of aliphatic hydroxyl groups excluding tert-OH is 1. The first-order chi connectivity index (χ1) is 7.16. The van der Waals surface area contributed by atoms with E-state index in [4.69, 9.17) is 0 Å². The van der Waals surface area contributed by atoms with Gasteiger partial charge in [0.1, 0.15) is 11.6 Å². The van der Waals surface area contributed by atoms with Crippen LogP contribution in [0, 0.1) is 17.6 Å². The van der Waals surface area contributed by atoms with Gasteiger partial charge in [0.2, 0.25) is 0 Å². The van der Waals surface area contributed by atoms with Gasteiger partial charge in [0.15, 0.2) is 0 Å². The highest BCUT2D eigenvalue weighted by Gasteiger charge is 2.23. The lowest BCUT2D eigenvalue weighted by atomic mass is 9.80. The van der Waals surface area contributed by atoms with E-state index >= 15 is 0 Å². The van der Waals surface area contributed by atoms with Crippen molar-refractivity contribution in [3.8, 4) is 0 Å². The molecule has 0 spiro atoms. The van der Waals surface area contributed by atoms with Gasteiger partial charge in [-0.05, 0) is 18.4 Å². The Balaban J connectivity index is 2.06. The molecule has 1 unspecified atom stereocenters. The molecule has 0 saturated heterocycles. The van der Waals surface area contributed by atoms with E-state index < -0.39 is 17.7 Å². The molecule has 1 aromatic carbocycles. The lowest BCUT2D eigenvalue weighted by Gasteiger charge is -2.27. The molecule has 15 heavy (non-hydrogen) atoms. The largest absolute Gasteiger partial charge is 0.388 e. The fourth-order valence-electron chi connectivity index (χ4n) is 1.94. The molecule has 0 radical (unpaired) electrons. The van der Waals surface area contributed by atoms with Crippen molar-refractivity contribution in [2.75, 3.05) is 0 Å². The first kappa shape index (κ1) is 10.6. The van der Waals surface area contributed by atoms with Crippen molar-refractivity contribution in [1.29, 1.82) is 0 Å². The molecule has 1 aliphatic rings. The summed E-state index contributed by atoms with van der Waals surface area (Å²) >= 11 is 0. The molecule has 3 heteroatoms. The summed E-state index contributed by atoms with van der Waals surface area (Å²) in [6, 6.07) is 3.33. The summed E-state index contributed by atoms with van der Waals surface area (Å²) in [6.07, 6.45) is 3.21. The maximum Gasteiger partial charge on any atom is 0.131 e. The van der Waals surface area contributed by atoms with Crippen molar-refractivity contribution in [2.24, 2.45) is 5.92 Å². The molecule has 1 saturated carbocycles. The van der Waals surface area contributed by atoms with Crippen LogP contribution in [0.25, 0.3) is 0 Å². The van der Waals surface area contributed by atoms with E-state index in [9.17, 15) is 13.9 Å². The van der Waals surface area contributed by atoms with E-state index in [0.717, 1.165) is 18.9 Å². The van der Waals surface area contributed by atoms with Crippen LogP contribution in [0.5, 0.6) is 0 Å². The molecule has 1 fully saturated rings. The molecule has 0 bridgehead atoms. The molecule has 1 aliphatic carbocycles. The molecule has 0 heterocycles. The summed E-state index contributed by atoms with van der Waals surface area (Å²) < 4.78 is 25.9. The molecule has 0 aliphatic heterocycles. The van der Waals surface area contributed by atoms with Gasteiger partial charge >= 0.3 is 0 Å². The fourth-order valence-corrected chi connectivity index (χ4v) is 1.94. The second-order valence-electron chi connectivity index (χ2n) is 4.21. The maximum absolute atomic E-state index is 13.3. The van der Waals surface area contributed by atoms with Crippen LogP contribution in [-0.4, -0.2) is 5.11 Å². The van der Waals surface area contributed by atoms with E-state index in [-0.39, 0.29) is 5.56 Å². The molecule has 0 amide bonds. The van der Waals surface area contributed by atoms with Gasteiger partial charge in [0.05, 0.1) is 6.10 Å². The topological polar surface area (TPSA) is 20.2 Å². The lowest BCUT2D eigenvalue weighted by Crippen LogP contribution is -2.15. The van der Waals surface area contributed by atoms with Crippen LogP contribution in [0.1, 0.15) is 37.4 Å². The van der Waals surface area contributed by atoms with Crippen LogP contribution >= 0.6 is 0 Å². The molecule has 1 atom stereocenters. The molecule has 1 N–H and O–H groups in total. The van der Waals surface area contributed by atoms with Gasteiger partial charge in [-0.2, -0.15) is 0 Å². The number of rotatable bonds is 3. The van der Waals surface area contributed by atoms with E-state index in [1.165, 1.54) is 18.6 Å². The fraction of sp³-hybridized carbons (Fsp3) is 0.500. The quantitative estimate of drug-likeness (QED) is 0.815. The van der Waals surface area contributed by atoms with Gasteiger partial charge < -0.3 is 5.11 Å². The smallest absolute Gasteiger partial charge is 0.131 e.